The van der Waals surface area contributed by atoms with Gasteiger partial charge in [0.05, 0.1) is 13.2 Å². The van der Waals surface area contributed by atoms with Crippen LogP contribution in [0.3, 0.4) is 0 Å². The summed E-state index contributed by atoms with van der Waals surface area (Å²) in [6, 6.07) is 9.32. The first-order chi connectivity index (χ1) is 10.8. The topological polar surface area (TPSA) is 74.6 Å². The smallest absolute Gasteiger partial charge is 0.410 e. The molecule has 6 heteroatoms. The molecule has 1 saturated heterocycles. The monoisotopic (exact) mass is 317 g/mol. The van der Waals surface area contributed by atoms with E-state index in [0.29, 0.717) is 13.1 Å². The summed E-state index contributed by atoms with van der Waals surface area (Å²) in [7, 11) is 1.61. The van der Waals surface area contributed by atoms with E-state index in [1.54, 1.807) is 12.0 Å². The van der Waals surface area contributed by atoms with Gasteiger partial charge < -0.3 is 14.4 Å². The first-order valence-electron chi connectivity index (χ1n) is 7.60. The van der Waals surface area contributed by atoms with Crippen LogP contribution < -0.4 is 10.1 Å². The predicted molar refractivity (Wildman–Crippen MR) is 86.1 cm³/mol. The van der Waals surface area contributed by atoms with Crippen molar-refractivity contribution in [1.29, 1.82) is 5.26 Å². The number of methoxy groups -OCH3 is 1. The molecule has 0 aromatic heterocycles. The summed E-state index contributed by atoms with van der Waals surface area (Å²) in [5.74, 6) is 0.755. The van der Waals surface area contributed by atoms with Gasteiger partial charge in [-0.3, -0.25) is 5.32 Å². The Hall–Kier alpha value is -2.26. The summed E-state index contributed by atoms with van der Waals surface area (Å²) in [6.07, 6.45) is -0.312. The quantitative estimate of drug-likeness (QED) is 0.923. The maximum absolute atomic E-state index is 11.9. The van der Waals surface area contributed by atoms with Crippen molar-refractivity contribution in [1.82, 2.24) is 10.2 Å². The number of ether oxygens (including phenoxy) is 2. The predicted octanol–water partition coefficient (Wildman–Crippen LogP) is 2.47. The van der Waals surface area contributed by atoms with Gasteiger partial charge >= 0.3 is 6.09 Å². The Labute approximate surface area is 137 Å². The second-order valence-corrected chi connectivity index (χ2v) is 6.58. The number of amides is 1. The molecule has 1 aliphatic heterocycles. The molecule has 1 aliphatic rings. The van der Waals surface area contributed by atoms with Crippen molar-refractivity contribution in [2.75, 3.05) is 20.2 Å². The zero-order valence-electron chi connectivity index (χ0n) is 14.0. The minimum atomic E-state index is -0.492. The minimum Gasteiger partial charge on any atom is -0.497 e. The van der Waals surface area contributed by atoms with Crippen molar-refractivity contribution >= 4 is 6.09 Å². The van der Waals surface area contributed by atoms with E-state index < -0.39 is 11.6 Å². The van der Waals surface area contributed by atoms with Crippen LogP contribution >= 0.6 is 0 Å². The molecule has 1 aromatic carbocycles. The highest BCUT2D eigenvalue weighted by molar-refractivity contribution is 5.69. The van der Waals surface area contributed by atoms with Crippen LogP contribution in [0, 0.1) is 11.3 Å². The lowest BCUT2D eigenvalue weighted by Crippen LogP contribution is -2.60. The largest absolute Gasteiger partial charge is 0.497 e. The van der Waals surface area contributed by atoms with Gasteiger partial charge in [-0.15, -0.1) is 0 Å². The summed E-state index contributed by atoms with van der Waals surface area (Å²) in [6.45, 7) is 6.62. The normalized spacial score (nSPS) is 16.2. The summed E-state index contributed by atoms with van der Waals surface area (Å²) < 4.78 is 10.4. The molecule has 0 spiro atoms. The number of carbonyl (C=O) groups excluding carboxylic acids is 1. The Kier molecular flexibility index (Phi) is 5.12. The SMILES string of the molecule is COc1ccc(C(C#N)NC2CN(C(=O)OC(C)(C)C)C2)cc1. The molecule has 23 heavy (non-hydrogen) atoms. The van der Waals surface area contributed by atoms with Crippen molar-refractivity contribution in [3.63, 3.8) is 0 Å². The number of carbonyl (C=O) groups is 1. The molecule has 1 N–H and O–H groups in total. The Morgan fingerprint density at radius 3 is 2.43 bits per heavy atom. The second kappa shape index (κ2) is 6.88. The molecule has 1 aromatic rings. The standard InChI is InChI=1S/C17H23N3O3/c1-17(2,3)23-16(21)20-10-13(11-20)19-15(9-18)12-5-7-14(22-4)8-6-12/h5-8,13,15,19H,10-11H2,1-4H3. The highest BCUT2D eigenvalue weighted by Gasteiger charge is 2.34. The molecular weight excluding hydrogens is 294 g/mol. The first-order valence-corrected chi connectivity index (χ1v) is 7.60. The number of hydrogen-bond acceptors (Lipinski definition) is 5. The van der Waals surface area contributed by atoms with E-state index in [0.717, 1.165) is 11.3 Å². The Bertz CT molecular complexity index is 581. The van der Waals surface area contributed by atoms with E-state index in [2.05, 4.69) is 11.4 Å². The third kappa shape index (κ3) is 4.60. The lowest BCUT2D eigenvalue weighted by Gasteiger charge is -2.41. The fourth-order valence-electron chi connectivity index (χ4n) is 2.30. The number of benzene rings is 1. The van der Waals surface area contributed by atoms with Crippen LogP contribution in [0.1, 0.15) is 32.4 Å². The minimum absolute atomic E-state index is 0.0919. The third-order valence-corrected chi connectivity index (χ3v) is 3.51. The molecule has 0 saturated carbocycles. The van der Waals surface area contributed by atoms with Crippen molar-refractivity contribution in [2.45, 2.75) is 38.5 Å². The molecule has 124 valence electrons. The third-order valence-electron chi connectivity index (χ3n) is 3.51. The zero-order valence-corrected chi connectivity index (χ0v) is 14.0. The molecule has 6 nitrogen and oxygen atoms in total. The Balaban J connectivity index is 1.85. The molecule has 0 bridgehead atoms. The van der Waals surface area contributed by atoms with Gasteiger partial charge in [0.2, 0.25) is 0 Å². The molecule has 1 fully saturated rings. The average molecular weight is 317 g/mol. The average Bonchev–Trinajstić information content (AvgIpc) is 2.44. The molecule has 1 unspecified atom stereocenters. The van der Waals surface area contributed by atoms with Gasteiger partial charge in [0.25, 0.3) is 0 Å². The van der Waals surface area contributed by atoms with Gasteiger partial charge in [-0.2, -0.15) is 5.26 Å². The molecule has 2 rings (SSSR count). The Morgan fingerprint density at radius 2 is 1.96 bits per heavy atom. The van der Waals surface area contributed by atoms with E-state index >= 15 is 0 Å². The highest BCUT2D eigenvalue weighted by Crippen LogP contribution is 2.21. The van der Waals surface area contributed by atoms with Crippen LogP contribution in [-0.4, -0.2) is 42.8 Å². The second-order valence-electron chi connectivity index (χ2n) is 6.58. The van der Waals surface area contributed by atoms with Crippen LogP contribution in [0.15, 0.2) is 24.3 Å². The number of rotatable bonds is 4. The Morgan fingerprint density at radius 1 is 1.35 bits per heavy atom. The van der Waals surface area contributed by atoms with Crippen molar-refractivity contribution in [3.05, 3.63) is 29.8 Å². The number of nitriles is 1. The molecule has 0 aliphatic carbocycles. The first kappa shape index (κ1) is 17.1. The van der Waals surface area contributed by atoms with Gasteiger partial charge in [0.1, 0.15) is 17.4 Å². The van der Waals surface area contributed by atoms with Crippen LogP contribution in [0.5, 0.6) is 5.75 Å². The van der Waals surface area contributed by atoms with Gasteiger partial charge in [0.15, 0.2) is 0 Å². The van der Waals surface area contributed by atoms with E-state index in [9.17, 15) is 10.1 Å². The number of likely N-dealkylation sites (tertiary alicyclic amines) is 1. The maximum Gasteiger partial charge on any atom is 0.410 e. The van der Waals surface area contributed by atoms with Crippen LogP contribution in [0.25, 0.3) is 0 Å². The summed E-state index contributed by atoms with van der Waals surface area (Å²) in [4.78, 5) is 13.5. The lowest BCUT2D eigenvalue weighted by atomic mass is 10.0. The maximum atomic E-state index is 11.9. The summed E-state index contributed by atoms with van der Waals surface area (Å²) in [5, 5.41) is 12.6. The van der Waals surface area contributed by atoms with E-state index in [1.165, 1.54) is 0 Å². The summed E-state index contributed by atoms with van der Waals surface area (Å²) >= 11 is 0. The molecule has 1 atom stereocenters. The van der Waals surface area contributed by atoms with Gasteiger partial charge in [-0.05, 0) is 38.5 Å². The number of hydrogen-bond donors (Lipinski definition) is 1. The van der Waals surface area contributed by atoms with Crippen molar-refractivity contribution < 1.29 is 14.3 Å². The van der Waals surface area contributed by atoms with Gasteiger partial charge in [-0.1, -0.05) is 12.1 Å². The molecule has 1 heterocycles. The van der Waals surface area contributed by atoms with Crippen LogP contribution in [-0.2, 0) is 4.74 Å². The fourth-order valence-corrected chi connectivity index (χ4v) is 2.30. The van der Waals surface area contributed by atoms with Crippen LogP contribution in [0.4, 0.5) is 4.79 Å². The fraction of sp³-hybridized carbons (Fsp3) is 0.529. The van der Waals surface area contributed by atoms with Crippen LogP contribution in [0.2, 0.25) is 0 Å². The van der Waals surface area contributed by atoms with Gasteiger partial charge in [-0.25, -0.2) is 4.79 Å². The van der Waals surface area contributed by atoms with Crippen molar-refractivity contribution in [3.8, 4) is 11.8 Å². The zero-order chi connectivity index (χ0) is 17.0. The van der Waals surface area contributed by atoms with E-state index in [-0.39, 0.29) is 12.1 Å². The summed E-state index contributed by atoms with van der Waals surface area (Å²) in [5.41, 5.74) is 0.387. The van der Waals surface area contributed by atoms with E-state index in [1.807, 2.05) is 45.0 Å². The van der Waals surface area contributed by atoms with Gasteiger partial charge in [0, 0.05) is 19.1 Å². The van der Waals surface area contributed by atoms with Crippen molar-refractivity contribution in [2.24, 2.45) is 0 Å². The number of nitrogens with one attached hydrogen (secondary N) is 1. The highest BCUT2D eigenvalue weighted by atomic mass is 16.6. The van der Waals surface area contributed by atoms with E-state index in [4.69, 9.17) is 9.47 Å². The molecular formula is C17H23N3O3. The number of nitrogens with zero attached hydrogens (tertiary/aromatic N) is 2. The lowest BCUT2D eigenvalue weighted by molar-refractivity contribution is 0.00475. The molecule has 0 radical (unpaired) electrons. The molecule has 1 amide bonds.